The number of carbonyl (C=O) groups excluding carboxylic acids is 3. The van der Waals surface area contributed by atoms with Crippen LogP contribution in [-0.2, 0) is 28.6 Å². The van der Waals surface area contributed by atoms with E-state index in [1.807, 2.05) is 0 Å². The van der Waals surface area contributed by atoms with Crippen molar-refractivity contribution in [3.05, 3.63) is 109 Å². The Hall–Kier alpha value is -3.93. The lowest BCUT2D eigenvalue weighted by Crippen LogP contribution is -2.30. The summed E-state index contributed by atoms with van der Waals surface area (Å²) < 4.78 is 16.8. The molecule has 6 nitrogen and oxygen atoms in total. The molecule has 0 aromatic rings. The number of esters is 3. The molecule has 0 aliphatic heterocycles. The van der Waals surface area contributed by atoms with Crippen LogP contribution in [-0.4, -0.2) is 37.2 Å². The first-order valence-electron chi connectivity index (χ1n) is 28.9. The highest BCUT2D eigenvalue weighted by Crippen LogP contribution is 2.15. The lowest BCUT2D eigenvalue weighted by Gasteiger charge is -2.18. The highest BCUT2D eigenvalue weighted by molar-refractivity contribution is 5.71. The molecule has 0 aromatic heterocycles. The van der Waals surface area contributed by atoms with Crippen LogP contribution in [0.2, 0.25) is 0 Å². The molecule has 0 aliphatic rings. The minimum Gasteiger partial charge on any atom is -0.462 e. The molecule has 0 radical (unpaired) electrons. The third kappa shape index (κ3) is 55.0. The van der Waals surface area contributed by atoms with Crippen molar-refractivity contribution in [3.8, 4) is 0 Å². The standard InChI is InChI=1S/C64H106O6/c1-4-7-10-13-16-19-22-25-28-31-34-36-39-42-45-48-51-54-57-63(66)69-60-61(70-64(67)58-55-52-49-46-43-40-37-33-30-27-24-21-18-15-12-9-6-3)59-68-62(65)56-53-50-47-44-41-38-35-32-29-26-23-20-17-14-11-8-5-2/h9,12,17-18,20-21,26-27,29-30,35,37-38,40,44,46-47,49,61H,4-8,10-11,13-16,19,22-25,28,31-34,36,39,41-43,45,48,50-60H2,1-3H3/b12-9+,20-17+,21-18+,29-26+,30-27+,38-35+,40-37+,47-44+,49-46+/t61-/m1/s1. The summed E-state index contributed by atoms with van der Waals surface area (Å²) in [6.45, 7) is 6.41. The summed E-state index contributed by atoms with van der Waals surface area (Å²) in [5.41, 5.74) is 0. The molecule has 0 aliphatic carbocycles. The van der Waals surface area contributed by atoms with Crippen molar-refractivity contribution >= 4 is 17.9 Å². The van der Waals surface area contributed by atoms with Crippen LogP contribution in [0.3, 0.4) is 0 Å². The molecular weight excluding hydrogens is 865 g/mol. The number of hydrogen-bond donors (Lipinski definition) is 0. The van der Waals surface area contributed by atoms with E-state index in [9.17, 15) is 14.4 Å². The average Bonchev–Trinajstić information content (AvgIpc) is 3.36. The molecule has 0 rings (SSSR count). The van der Waals surface area contributed by atoms with Gasteiger partial charge in [0.2, 0.25) is 0 Å². The zero-order valence-corrected chi connectivity index (χ0v) is 45.5. The van der Waals surface area contributed by atoms with Crippen LogP contribution in [0.5, 0.6) is 0 Å². The number of carbonyl (C=O) groups is 3. The van der Waals surface area contributed by atoms with Crippen LogP contribution < -0.4 is 0 Å². The van der Waals surface area contributed by atoms with Crippen molar-refractivity contribution < 1.29 is 28.6 Å². The Labute approximate surface area is 431 Å². The molecule has 0 saturated heterocycles. The molecule has 1 atom stereocenters. The number of ether oxygens (including phenoxy) is 3. The maximum absolute atomic E-state index is 12.8. The Morgan fingerprint density at radius 2 is 0.571 bits per heavy atom. The monoisotopic (exact) mass is 971 g/mol. The van der Waals surface area contributed by atoms with Crippen molar-refractivity contribution in [1.82, 2.24) is 0 Å². The van der Waals surface area contributed by atoms with Gasteiger partial charge in [-0.1, -0.05) is 252 Å². The predicted molar refractivity (Wildman–Crippen MR) is 302 cm³/mol. The Morgan fingerprint density at radius 3 is 0.929 bits per heavy atom. The van der Waals surface area contributed by atoms with Gasteiger partial charge in [0.25, 0.3) is 0 Å². The van der Waals surface area contributed by atoms with E-state index in [1.165, 1.54) is 122 Å². The molecule has 0 unspecified atom stereocenters. The van der Waals surface area contributed by atoms with Crippen molar-refractivity contribution in [2.75, 3.05) is 13.2 Å². The SMILES string of the molecule is CC/C=C/C/C=C/C/C=C/C/C=C/C/C=C/CCCC(=O)O[C@H](COC(=O)CCC/C=C/C/C=C/C/C=C/C/C=C/CCCCC)COC(=O)CCCCCCCCCCCCCCCCCCCC. The molecule has 0 heterocycles. The van der Waals surface area contributed by atoms with Crippen LogP contribution >= 0.6 is 0 Å². The first-order chi connectivity index (χ1) is 34.5. The van der Waals surface area contributed by atoms with Crippen LogP contribution in [0.1, 0.15) is 258 Å². The molecule has 0 aromatic carbocycles. The summed E-state index contributed by atoms with van der Waals surface area (Å²) in [5.74, 6) is -1.03. The van der Waals surface area contributed by atoms with E-state index in [-0.39, 0.29) is 44.0 Å². The smallest absolute Gasteiger partial charge is 0.306 e. The molecule has 70 heavy (non-hydrogen) atoms. The minimum absolute atomic E-state index is 0.117. The van der Waals surface area contributed by atoms with Crippen LogP contribution in [0, 0.1) is 0 Å². The first kappa shape index (κ1) is 66.1. The Kier molecular flexibility index (Phi) is 54.4. The normalized spacial score (nSPS) is 12.9. The largest absolute Gasteiger partial charge is 0.462 e. The van der Waals surface area contributed by atoms with E-state index in [1.54, 1.807) is 0 Å². The quantitative estimate of drug-likeness (QED) is 0.0262. The number of hydrogen-bond acceptors (Lipinski definition) is 6. The summed E-state index contributed by atoms with van der Waals surface area (Å²) in [5, 5.41) is 0. The predicted octanol–water partition coefficient (Wildman–Crippen LogP) is 19.5. The Bertz CT molecular complexity index is 1440. The minimum atomic E-state index is -0.831. The van der Waals surface area contributed by atoms with Gasteiger partial charge in [0, 0.05) is 19.3 Å². The molecule has 0 amide bonds. The van der Waals surface area contributed by atoms with Gasteiger partial charge in [-0.25, -0.2) is 0 Å². The number of rotatable bonds is 51. The number of unbranched alkanes of at least 4 members (excludes halogenated alkanes) is 22. The Balaban J connectivity index is 4.54. The Morgan fingerprint density at radius 1 is 0.300 bits per heavy atom. The molecule has 0 saturated carbocycles. The van der Waals surface area contributed by atoms with Gasteiger partial charge in [-0.05, 0) is 96.3 Å². The van der Waals surface area contributed by atoms with Gasteiger partial charge in [0.1, 0.15) is 13.2 Å². The summed E-state index contributed by atoms with van der Waals surface area (Å²) in [7, 11) is 0. The van der Waals surface area contributed by atoms with Crippen LogP contribution in [0.4, 0.5) is 0 Å². The summed E-state index contributed by atoms with van der Waals surface area (Å²) in [6, 6.07) is 0. The lowest BCUT2D eigenvalue weighted by atomic mass is 10.0. The molecule has 6 heteroatoms. The third-order valence-electron chi connectivity index (χ3n) is 12.0. The molecule has 0 bridgehead atoms. The van der Waals surface area contributed by atoms with Crippen LogP contribution in [0.15, 0.2) is 109 Å². The second kappa shape index (κ2) is 57.6. The second-order valence-corrected chi connectivity index (χ2v) is 18.8. The molecule has 0 N–H and O–H groups in total. The molecule has 0 fully saturated rings. The van der Waals surface area contributed by atoms with Crippen LogP contribution in [0.25, 0.3) is 0 Å². The van der Waals surface area contributed by atoms with E-state index < -0.39 is 6.10 Å². The van der Waals surface area contributed by atoms with E-state index in [0.717, 1.165) is 83.5 Å². The molecule has 0 spiro atoms. The maximum atomic E-state index is 12.8. The fourth-order valence-corrected chi connectivity index (χ4v) is 7.71. The lowest BCUT2D eigenvalue weighted by molar-refractivity contribution is -0.167. The zero-order valence-electron chi connectivity index (χ0n) is 45.5. The third-order valence-corrected chi connectivity index (χ3v) is 12.0. The number of allylic oxidation sites excluding steroid dienone is 18. The van der Waals surface area contributed by atoms with E-state index in [0.29, 0.717) is 19.3 Å². The van der Waals surface area contributed by atoms with Gasteiger partial charge in [-0.3, -0.25) is 14.4 Å². The van der Waals surface area contributed by atoms with Crippen molar-refractivity contribution in [2.24, 2.45) is 0 Å². The average molecular weight is 972 g/mol. The fraction of sp³-hybridized carbons (Fsp3) is 0.672. The van der Waals surface area contributed by atoms with Gasteiger partial charge in [-0.2, -0.15) is 0 Å². The van der Waals surface area contributed by atoms with E-state index in [4.69, 9.17) is 14.2 Å². The molecule has 398 valence electrons. The first-order valence-corrected chi connectivity index (χ1v) is 28.9. The van der Waals surface area contributed by atoms with Gasteiger partial charge in [0.05, 0.1) is 0 Å². The summed E-state index contributed by atoms with van der Waals surface area (Å²) in [4.78, 5) is 38.1. The summed E-state index contributed by atoms with van der Waals surface area (Å²) >= 11 is 0. The maximum Gasteiger partial charge on any atom is 0.306 e. The highest BCUT2D eigenvalue weighted by Gasteiger charge is 2.19. The van der Waals surface area contributed by atoms with Gasteiger partial charge >= 0.3 is 17.9 Å². The van der Waals surface area contributed by atoms with Crippen molar-refractivity contribution in [2.45, 2.75) is 264 Å². The van der Waals surface area contributed by atoms with Crippen molar-refractivity contribution in [3.63, 3.8) is 0 Å². The van der Waals surface area contributed by atoms with Crippen molar-refractivity contribution in [1.29, 1.82) is 0 Å². The zero-order chi connectivity index (χ0) is 50.7. The van der Waals surface area contributed by atoms with Gasteiger partial charge < -0.3 is 14.2 Å². The van der Waals surface area contributed by atoms with E-state index >= 15 is 0 Å². The highest BCUT2D eigenvalue weighted by atomic mass is 16.6. The van der Waals surface area contributed by atoms with Gasteiger partial charge in [-0.15, -0.1) is 0 Å². The van der Waals surface area contributed by atoms with E-state index in [2.05, 4.69) is 130 Å². The fourth-order valence-electron chi connectivity index (χ4n) is 7.71. The summed E-state index contributed by atoms with van der Waals surface area (Å²) in [6.07, 6.45) is 78.0. The van der Waals surface area contributed by atoms with Gasteiger partial charge in [0.15, 0.2) is 6.10 Å². The molecular formula is C64H106O6. The second-order valence-electron chi connectivity index (χ2n) is 18.8. The topological polar surface area (TPSA) is 78.9 Å².